The Kier molecular flexibility index (Phi) is 3.41. The summed E-state index contributed by atoms with van der Waals surface area (Å²) in [5.41, 5.74) is 0.762. The van der Waals surface area contributed by atoms with Crippen molar-refractivity contribution in [2.75, 3.05) is 19.6 Å². The summed E-state index contributed by atoms with van der Waals surface area (Å²) in [5.74, 6) is 1.25. The van der Waals surface area contributed by atoms with Crippen molar-refractivity contribution in [1.29, 1.82) is 0 Å². The minimum Gasteiger partial charge on any atom is -0.340 e. The summed E-state index contributed by atoms with van der Waals surface area (Å²) in [6, 6.07) is 4.40. The Morgan fingerprint density at radius 3 is 2.73 bits per heavy atom. The highest BCUT2D eigenvalue weighted by Crippen LogP contribution is 2.37. The van der Waals surface area contributed by atoms with Gasteiger partial charge in [-0.05, 0) is 31.9 Å². The fraction of sp³-hybridized carbons (Fsp3) is 0.556. The fourth-order valence-electron chi connectivity index (χ4n) is 3.96. The third kappa shape index (κ3) is 2.51. The molecule has 1 saturated carbocycles. The highest BCUT2D eigenvalue weighted by molar-refractivity contribution is 5.93. The number of aryl methyl sites for hydroxylation is 1. The lowest BCUT2D eigenvalue weighted by Gasteiger charge is -2.44. The van der Waals surface area contributed by atoms with Crippen LogP contribution >= 0.6 is 0 Å². The van der Waals surface area contributed by atoms with E-state index >= 15 is 0 Å². The van der Waals surface area contributed by atoms with E-state index in [-0.39, 0.29) is 23.8 Å². The molecule has 2 saturated heterocycles. The van der Waals surface area contributed by atoms with Gasteiger partial charge in [0.05, 0.1) is 12.0 Å². The van der Waals surface area contributed by atoms with E-state index in [1.54, 1.807) is 6.92 Å². The predicted octanol–water partition coefficient (Wildman–Crippen LogP) is 1.35. The number of nitrogens with zero attached hydrogens (tertiary/aromatic N) is 5. The minimum absolute atomic E-state index is 0.0412. The zero-order valence-electron chi connectivity index (χ0n) is 14.7. The van der Waals surface area contributed by atoms with E-state index in [0.29, 0.717) is 43.8 Å². The molecule has 136 valence electrons. The van der Waals surface area contributed by atoms with Gasteiger partial charge in [0.1, 0.15) is 5.69 Å². The molecule has 0 radical (unpaired) electrons. The summed E-state index contributed by atoms with van der Waals surface area (Å²) < 4.78 is 7.31. The van der Waals surface area contributed by atoms with E-state index in [0.717, 1.165) is 18.5 Å². The molecule has 0 bridgehead atoms. The molecular weight excluding hydrogens is 334 g/mol. The summed E-state index contributed by atoms with van der Waals surface area (Å²) in [7, 11) is 0. The molecule has 0 aromatic carbocycles. The highest BCUT2D eigenvalue weighted by atomic mass is 16.5. The van der Waals surface area contributed by atoms with Gasteiger partial charge in [-0.3, -0.25) is 9.59 Å². The van der Waals surface area contributed by atoms with Crippen LogP contribution in [0.25, 0.3) is 0 Å². The molecule has 4 heterocycles. The van der Waals surface area contributed by atoms with Gasteiger partial charge in [0.15, 0.2) is 5.82 Å². The second-order valence-corrected chi connectivity index (χ2v) is 7.52. The van der Waals surface area contributed by atoms with Gasteiger partial charge in [0.25, 0.3) is 5.91 Å². The van der Waals surface area contributed by atoms with Crippen molar-refractivity contribution in [3.8, 4) is 0 Å². The third-order valence-electron chi connectivity index (χ3n) is 5.58. The van der Waals surface area contributed by atoms with Gasteiger partial charge in [-0.2, -0.15) is 4.98 Å². The van der Waals surface area contributed by atoms with Crippen LogP contribution in [0.3, 0.4) is 0 Å². The Balaban J connectivity index is 1.22. The number of hydrogen-bond acceptors (Lipinski definition) is 5. The van der Waals surface area contributed by atoms with Crippen molar-refractivity contribution in [1.82, 2.24) is 24.5 Å². The van der Waals surface area contributed by atoms with Crippen molar-refractivity contribution < 1.29 is 14.1 Å². The lowest BCUT2D eigenvalue weighted by molar-refractivity contribution is -0.132. The smallest absolute Gasteiger partial charge is 0.270 e. The molecule has 2 amide bonds. The lowest BCUT2D eigenvalue weighted by atomic mass is 10.1. The Labute approximate surface area is 150 Å². The maximum absolute atomic E-state index is 12.7. The number of amides is 2. The number of carbonyl (C=O) groups excluding carboxylic acids is 2. The molecule has 1 unspecified atom stereocenters. The first-order chi connectivity index (χ1) is 12.6. The maximum atomic E-state index is 12.7. The van der Waals surface area contributed by atoms with Crippen LogP contribution in [0.1, 0.15) is 53.4 Å². The lowest BCUT2D eigenvalue weighted by Crippen LogP contribution is -2.61. The molecule has 8 nitrogen and oxygen atoms in total. The summed E-state index contributed by atoms with van der Waals surface area (Å²) in [5, 5.41) is 3.81. The third-order valence-corrected chi connectivity index (χ3v) is 5.58. The van der Waals surface area contributed by atoms with E-state index < -0.39 is 0 Å². The number of hydrogen-bond donors (Lipinski definition) is 0. The molecule has 1 atom stereocenters. The van der Waals surface area contributed by atoms with Crippen molar-refractivity contribution in [3.05, 3.63) is 35.7 Å². The Bertz CT molecular complexity index is 862. The van der Waals surface area contributed by atoms with Gasteiger partial charge in [-0.15, -0.1) is 0 Å². The zero-order valence-corrected chi connectivity index (χ0v) is 14.7. The average molecular weight is 355 g/mol. The summed E-state index contributed by atoms with van der Waals surface area (Å²) in [6.07, 6.45) is 4.69. The van der Waals surface area contributed by atoms with Crippen LogP contribution in [0.5, 0.6) is 0 Å². The average Bonchev–Trinajstić information content (AvgIpc) is 2.98. The summed E-state index contributed by atoms with van der Waals surface area (Å²) in [6.45, 7) is 3.55. The van der Waals surface area contributed by atoms with Crippen molar-refractivity contribution >= 4 is 11.8 Å². The Morgan fingerprint density at radius 2 is 2.04 bits per heavy atom. The van der Waals surface area contributed by atoms with Crippen molar-refractivity contribution in [2.24, 2.45) is 0 Å². The van der Waals surface area contributed by atoms with Gasteiger partial charge >= 0.3 is 0 Å². The monoisotopic (exact) mass is 355 g/mol. The molecule has 3 fully saturated rings. The molecule has 2 aromatic heterocycles. The van der Waals surface area contributed by atoms with E-state index in [4.69, 9.17) is 4.52 Å². The first kappa shape index (κ1) is 15.6. The second-order valence-electron chi connectivity index (χ2n) is 7.52. The van der Waals surface area contributed by atoms with Crippen LogP contribution in [-0.4, -0.2) is 62.0 Å². The first-order valence-electron chi connectivity index (χ1n) is 9.16. The van der Waals surface area contributed by atoms with E-state index in [1.807, 2.05) is 28.1 Å². The number of aromatic nitrogens is 3. The highest BCUT2D eigenvalue weighted by Gasteiger charge is 2.44. The normalized spacial score (nSPS) is 23.6. The fourth-order valence-corrected chi connectivity index (χ4v) is 3.96. The van der Waals surface area contributed by atoms with Crippen LogP contribution < -0.4 is 0 Å². The van der Waals surface area contributed by atoms with Crippen molar-refractivity contribution in [2.45, 2.75) is 44.2 Å². The molecule has 2 aromatic rings. The molecule has 5 rings (SSSR count). The molecule has 8 heteroatoms. The molecule has 3 aliphatic rings. The van der Waals surface area contributed by atoms with Gasteiger partial charge in [-0.25, -0.2) is 0 Å². The van der Waals surface area contributed by atoms with Crippen LogP contribution in [0.2, 0.25) is 0 Å². The van der Waals surface area contributed by atoms with E-state index in [2.05, 4.69) is 14.7 Å². The van der Waals surface area contributed by atoms with E-state index in [1.165, 1.54) is 0 Å². The maximum Gasteiger partial charge on any atom is 0.270 e. The predicted molar refractivity (Wildman–Crippen MR) is 90.5 cm³/mol. The number of carbonyl (C=O) groups is 2. The van der Waals surface area contributed by atoms with Gasteiger partial charge < -0.3 is 18.9 Å². The van der Waals surface area contributed by atoms with Crippen LogP contribution in [0.4, 0.5) is 0 Å². The topological polar surface area (TPSA) is 84.5 Å². The standard InChI is InChI=1S/C18H21N5O3/c1-11-19-17(26-20-11)12-7-16(24)23(8-12)14-9-21(10-14)18(25)15-3-2-6-22(15)13-4-5-13/h2-3,6,12-14H,4-5,7-10H2,1H3. The number of likely N-dealkylation sites (tertiary alicyclic amines) is 2. The summed E-state index contributed by atoms with van der Waals surface area (Å²) in [4.78, 5) is 33.1. The number of rotatable bonds is 4. The molecule has 1 aliphatic carbocycles. The molecule has 0 spiro atoms. The quantitative estimate of drug-likeness (QED) is 0.827. The molecular formula is C18H21N5O3. The SMILES string of the molecule is Cc1noc(C2CC(=O)N(C3CN(C(=O)c4cccn4C4CC4)C3)C2)n1. The van der Waals surface area contributed by atoms with Crippen molar-refractivity contribution in [3.63, 3.8) is 0 Å². The molecule has 2 aliphatic heterocycles. The first-order valence-corrected chi connectivity index (χ1v) is 9.16. The van der Waals surface area contributed by atoms with Crippen LogP contribution in [0, 0.1) is 6.92 Å². The van der Waals surface area contributed by atoms with Crippen LogP contribution in [-0.2, 0) is 4.79 Å². The Hall–Kier alpha value is -2.64. The van der Waals surface area contributed by atoms with E-state index in [9.17, 15) is 9.59 Å². The zero-order chi connectivity index (χ0) is 17.8. The molecule has 0 N–H and O–H groups in total. The van der Waals surface area contributed by atoms with Gasteiger partial charge in [-0.1, -0.05) is 5.16 Å². The summed E-state index contributed by atoms with van der Waals surface area (Å²) >= 11 is 0. The Morgan fingerprint density at radius 1 is 1.23 bits per heavy atom. The minimum atomic E-state index is -0.0412. The van der Waals surface area contributed by atoms with Gasteiger partial charge in [0.2, 0.25) is 11.8 Å². The van der Waals surface area contributed by atoms with Crippen LogP contribution in [0.15, 0.2) is 22.9 Å². The molecule has 26 heavy (non-hydrogen) atoms. The van der Waals surface area contributed by atoms with Gasteiger partial charge in [0, 0.05) is 38.3 Å². The largest absolute Gasteiger partial charge is 0.340 e. The second kappa shape index (κ2) is 5.69.